The molecule has 0 radical (unpaired) electrons. The number of hydrogen-bond acceptors (Lipinski definition) is 3. The molecular formula is C27H26N4O2. The van der Waals surface area contributed by atoms with E-state index in [0.717, 1.165) is 31.5 Å². The standard InChI is InChI=1S/C27H26N4O2/c32-24-29(17-9-5-2-6-10-17)25(33)31-23-20-18-19(20)22(30(24)31)26-11-13-28(14-12-27(23,26)21(18)26)15-16-7-3-1-4-8-16/h1-10,18-23H,11-15H2/t18?,19-,20-,21?,22-,23-,26+,27+/m0/s1. The van der Waals surface area contributed by atoms with E-state index in [-0.39, 0.29) is 34.3 Å². The Bertz CT molecular complexity index is 1390. The van der Waals surface area contributed by atoms with Gasteiger partial charge in [0.2, 0.25) is 0 Å². The Morgan fingerprint density at radius 1 is 0.727 bits per heavy atom. The van der Waals surface area contributed by atoms with E-state index < -0.39 is 0 Å². The third kappa shape index (κ3) is 1.65. The number of rotatable bonds is 3. The van der Waals surface area contributed by atoms with Crippen LogP contribution < -0.4 is 11.4 Å². The van der Waals surface area contributed by atoms with Crippen molar-refractivity contribution in [2.45, 2.75) is 31.5 Å². The van der Waals surface area contributed by atoms with E-state index >= 15 is 0 Å². The van der Waals surface area contributed by atoms with Crippen LogP contribution in [0.5, 0.6) is 0 Å². The number of hydrogen-bond donors (Lipinski definition) is 0. The van der Waals surface area contributed by atoms with Crippen LogP contribution in [0.3, 0.4) is 0 Å². The first-order valence-electron chi connectivity index (χ1n) is 12.5. The van der Waals surface area contributed by atoms with Gasteiger partial charge in [-0.25, -0.2) is 23.5 Å². The lowest BCUT2D eigenvalue weighted by molar-refractivity contribution is -0.00192. The summed E-state index contributed by atoms with van der Waals surface area (Å²) in [5, 5.41) is 0. The van der Waals surface area contributed by atoms with Crippen molar-refractivity contribution in [1.29, 1.82) is 0 Å². The monoisotopic (exact) mass is 438 g/mol. The normalized spacial score (nSPS) is 42.5. The van der Waals surface area contributed by atoms with Crippen molar-refractivity contribution in [3.63, 3.8) is 0 Å². The van der Waals surface area contributed by atoms with E-state index in [1.165, 1.54) is 23.0 Å². The summed E-state index contributed by atoms with van der Waals surface area (Å²) in [5.41, 5.74) is 2.31. The highest BCUT2D eigenvalue weighted by atomic mass is 16.2. The first kappa shape index (κ1) is 17.6. The van der Waals surface area contributed by atoms with Gasteiger partial charge in [0.1, 0.15) is 0 Å². The molecule has 10 rings (SSSR count). The van der Waals surface area contributed by atoms with Gasteiger partial charge in [-0.1, -0.05) is 48.5 Å². The molecule has 33 heavy (non-hydrogen) atoms. The van der Waals surface area contributed by atoms with Crippen LogP contribution in [0.2, 0.25) is 0 Å². The van der Waals surface area contributed by atoms with Crippen molar-refractivity contribution in [2.24, 2.45) is 34.5 Å². The van der Waals surface area contributed by atoms with Crippen LogP contribution in [-0.2, 0) is 6.54 Å². The van der Waals surface area contributed by atoms with E-state index in [1.54, 1.807) is 0 Å². The highest BCUT2D eigenvalue weighted by molar-refractivity contribution is 5.49. The SMILES string of the molecule is O=c1n(-c2ccccc2)c(=O)n2n1[C@H]1[C@H]3C4C5[C@]16CCN(Cc1ccccc1)CC[C@]56[C@@H]2[C@@H]43. The molecular weight excluding hydrogens is 412 g/mol. The topological polar surface area (TPSA) is 52.2 Å². The second-order valence-corrected chi connectivity index (χ2v) is 11.4. The summed E-state index contributed by atoms with van der Waals surface area (Å²) in [6.45, 7) is 3.19. The maximum atomic E-state index is 13.7. The predicted molar refractivity (Wildman–Crippen MR) is 122 cm³/mol. The van der Waals surface area contributed by atoms with Crippen LogP contribution in [0.25, 0.3) is 5.69 Å². The average molecular weight is 439 g/mol. The fourth-order valence-electron chi connectivity index (χ4n) is 10.1. The Morgan fingerprint density at radius 2 is 1.27 bits per heavy atom. The molecule has 1 aromatic heterocycles. The van der Waals surface area contributed by atoms with Crippen LogP contribution in [-0.4, -0.2) is 31.9 Å². The Kier molecular flexibility index (Phi) is 2.81. The Balaban J connectivity index is 1.16. The fourth-order valence-corrected chi connectivity index (χ4v) is 10.1. The summed E-state index contributed by atoms with van der Waals surface area (Å²) in [6.07, 6.45) is 2.34. The van der Waals surface area contributed by atoms with Crippen molar-refractivity contribution in [3.05, 3.63) is 87.2 Å². The Hall–Kier alpha value is -2.86. The van der Waals surface area contributed by atoms with Crippen LogP contribution in [0, 0.1) is 34.5 Å². The summed E-state index contributed by atoms with van der Waals surface area (Å²) in [4.78, 5) is 30.0. The van der Waals surface area contributed by atoms with Crippen molar-refractivity contribution in [2.75, 3.05) is 13.1 Å². The van der Waals surface area contributed by atoms with E-state index in [4.69, 9.17) is 0 Å². The van der Waals surface area contributed by atoms with Crippen LogP contribution in [0.4, 0.5) is 0 Å². The van der Waals surface area contributed by atoms with Crippen LogP contribution in [0.1, 0.15) is 30.5 Å². The molecule has 0 N–H and O–H groups in total. The zero-order valence-electron chi connectivity index (χ0n) is 18.4. The van der Waals surface area contributed by atoms with Gasteiger partial charge in [0.05, 0.1) is 17.8 Å². The van der Waals surface area contributed by atoms with Gasteiger partial charge < -0.3 is 0 Å². The first-order valence-corrected chi connectivity index (χ1v) is 12.5. The Morgan fingerprint density at radius 3 is 1.85 bits per heavy atom. The molecule has 1 saturated heterocycles. The molecule has 3 aromatic rings. The number of nitrogens with zero attached hydrogens (tertiary/aromatic N) is 4. The average Bonchev–Trinajstić information content (AvgIpc) is 3.62. The minimum atomic E-state index is -0.119. The second-order valence-electron chi connectivity index (χ2n) is 11.4. The minimum Gasteiger partial charge on any atom is -0.299 e. The smallest absolute Gasteiger partial charge is 0.299 e. The number of likely N-dealkylation sites (tertiary alicyclic amines) is 1. The van der Waals surface area contributed by atoms with Gasteiger partial charge in [-0.15, -0.1) is 0 Å². The maximum Gasteiger partial charge on any atom is 0.352 e. The number of aromatic nitrogens is 3. The molecule has 4 saturated carbocycles. The molecule has 3 aliphatic heterocycles. The van der Waals surface area contributed by atoms with Crippen molar-refractivity contribution < 1.29 is 0 Å². The van der Waals surface area contributed by atoms with Crippen molar-refractivity contribution >= 4 is 0 Å². The van der Waals surface area contributed by atoms with E-state index in [9.17, 15) is 9.59 Å². The molecule has 0 unspecified atom stereocenters. The summed E-state index contributed by atoms with van der Waals surface area (Å²) in [7, 11) is 0. The zero-order valence-corrected chi connectivity index (χ0v) is 18.4. The first-order chi connectivity index (χ1) is 16.2. The maximum absolute atomic E-state index is 13.7. The van der Waals surface area contributed by atoms with Gasteiger partial charge in [-0.3, -0.25) is 4.90 Å². The summed E-state index contributed by atoms with van der Waals surface area (Å²) in [6, 6.07) is 20.7. The second kappa shape index (κ2) is 5.27. The van der Waals surface area contributed by atoms with E-state index in [1.807, 2.05) is 39.7 Å². The van der Waals surface area contributed by atoms with Gasteiger partial charge in [0.25, 0.3) is 0 Å². The highest BCUT2D eigenvalue weighted by Crippen LogP contribution is 3.03. The molecule has 6 heteroatoms. The van der Waals surface area contributed by atoms with Crippen molar-refractivity contribution in [1.82, 2.24) is 18.8 Å². The van der Waals surface area contributed by atoms with E-state index in [0.29, 0.717) is 17.5 Å². The quantitative estimate of drug-likeness (QED) is 0.632. The molecule has 2 aromatic carbocycles. The molecule has 5 fully saturated rings. The molecule has 0 amide bonds. The Labute approximate surface area is 191 Å². The lowest BCUT2D eigenvalue weighted by Crippen LogP contribution is -2.52. The van der Waals surface area contributed by atoms with Crippen LogP contribution in [0.15, 0.2) is 70.3 Å². The summed E-state index contributed by atoms with van der Waals surface area (Å²) >= 11 is 0. The van der Waals surface area contributed by atoms with Gasteiger partial charge >= 0.3 is 11.4 Å². The van der Waals surface area contributed by atoms with Crippen LogP contribution >= 0.6 is 0 Å². The lowest BCUT2D eigenvalue weighted by Gasteiger charge is -2.47. The summed E-state index contributed by atoms with van der Waals surface area (Å²) < 4.78 is 5.32. The molecule has 2 bridgehead atoms. The lowest BCUT2D eigenvalue weighted by atomic mass is 9.69. The fraction of sp³-hybridized carbons (Fsp3) is 0.481. The number of para-hydroxylation sites is 1. The molecule has 6 atom stereocenters. The van der Waals surface area contributed by atoms with E-state index in [2.05, 4.69) is 35.2 Å². The molecule has 4 aliphatic carbocycles. The zero-order chi connectivity index (χ0) is 21.7. The summed E-state index contributed by atoms with van der Waals surface area (Å²) in [5.74, 6) is 2.76. The van der Waals surface area contributed by atoms with Gasteiger partial charge in [0, 0.05) is 17.4 Å². The van der Waals surface area contributed by atoms with Crippen molar-refractivity contribution in [3.8, 4) is 5.69 Å². The largest absolute Gasteiger partial charge is 0.352 e. The van der Waals surface area contributed by atoms with Gasteiger partial charge in [0.15, 0.2) is 0 Å². The molecule has 6 nitrogen and oxygen atoms in total. The molecule has 7 aliphatic rings. The highest BCUT2D eigenvalue weighted by Gasteiger charge is 3.02. The third-order valence-electron chi connectivity index (χ3n) is 10.7. The molecule has 4 heterocycles. The third-order valence-corrected chi connectivity index (χ3v) is 10.7. The number of benzene rings is 2. The predicted octanol–water partition coefficient (Wildman–Crippen LogP) is 2.68. The molecule has 166 valence electrons. The minimum absolute atomic E-state index is 0.119. The molecule has 2 spiro atoms. The van der Waals surface area contributed by atoms with Gasteiger partial charge in [-0.2, -0.15) is 0 Å². The van der Waals surface area contributed by atoms with Gasteiger partial charge in [-0.05, 0) is 67.3 Å².